The summed E-state index contributed by atoms with van der Waals surface area (Å²) < 4.78 is 0. The number of hydrogen-bond donors (Lipinski definition) is 2. The molecular formula is C24H36ClN3O3. The van der Waals surface area contributed by atoms with Gasteiger partial charge in [-0.1, -0.05) is 50.5 Å². The monoisotopic (exact) mass is 449 g/mol. The van der Waals surface area contributed by atoms with E-state index in [1.807, 2.05) is 46.8 Å². The number of carbonyl (C=O) groups excluding carboxylic acids is 2. The normalized spacial score (nSPS) is 23.2. The van der Waals surface area contributed by atoms with E-state index in [1.165, 1.54) is 6.92 Å². The molecule has 0 bridgehead atoms. The molecule has 4 atom stereocenters. The Hall–Kier alpha value is -1.92. The number of oxime groups is 1. The van der Waals surface area contributed by atoms with Crippen molar-refractivity contribution >= 4 is 29.0 Å². The zero-order chi connectivity index (χ0) is 23.5. The van der Waals surface area contributed by atoms with Crippen LogP contribution < -0.4 is 5.73 Å². The third-order valence-electron chi connectivity index (χ3n) is 7.07. The Morgan fingerprint density at radius 2 is 2.00 bits per heavy atom. The van der Waals surface area contributed by atoms with Crippen molar-refractivity contribution in [1.29, 1.82) is 0 Å². The molecule has 0 aliphatic carbocycles. The Bertz CT molecular complexity index is 852. The summed E-state index contributed by atoms with van der Waals surface area (Å²) in [5.41, 5.74) is 8.33. The average Bonchev–Trinajstić information content (AvgIpc) is 3.07. The molecule has 0 spiro atoms. The standard InChI is InChI=1S/C24H36ClN3O3/c1-7-16-9-10-18(25)13-19(16)20(27-31)11-17-12-21(15(4)29)28(14(17)3)23(30)22(26)24(5,6)8-2/h9-10,13-14,17,21-22,31H,7-8,11-12,26H2,1-6H3/b27-20+. The van der Waals surface area contributed by atoms with E-state index in [0.29, 0.717) is 23.6 Å². The lowest BCUT2D eigenvalue weighted by Gasteiger charge is -2.36. The lowest BCUT2D eigenvalue weighted by molar-refractivity contribution is -0.142. The first-order valence-electron chi connectivity index (χ1n) is 11.1. The van der Waals surface area contributed by atoms with Gasteiger partial charge in [-0.05, 0) is 68.6 Å². The minimum atomic E-state index is -0.689. The first-order chi connectivity index (χ1) is 14.5. The molecule has 6 nitrogen and oxygen atoms in total. The van der Waals surface area contributed by atoms with Crippen LogP contribution in [0.2, 0.25) is 5.02 Å². The Labute approximate surface area is 190 Å². The van der Waals surface area contributed by atoms with Crippen LogP contribution in [0, 0.1) is 11.3 Å². The van der Waals surface area contributed by atoms with E-state index >= 15 is 0 Å². The maximum Gasteiger partial charge on any atom is 0.240 e. The third kappa shape index (κ3) is 5.29. The largest absolute Gasteiger partial charge is 0.411 e. The molecule has 7 heteroatoms. The molecule has 3 N–H and O–H groups in total. The van der Waals surface area contributed by atoms with Gasteiger partial charge in [0.05, 0.1) is 17.8 Å². The lowest BCUT2D eigenvalue weighted by Crippen LogP contribution is -2.55. The number of aryl methyl sites for hydroxylation is 1. The Morgan fingerprint density at radius 1 is 1.35 bits per heavy atom. The van der Waals surface area contributed by atoms with E-state index in [-0.39, 0.29) is 29.1 Å². The summed E-state index contributed by atoms with van der Waals surface area (Å²) in [5.74, 6) is -0.283. The summed E-state index contributed by atoms with van der Waals surface area (Å²) in [5, 5.41) is 13.9. The van der Waals surface area contributed by atoms with Crippen molar-refractivity contribution in [1.82, 2.24) is 4.90 Å². The van der Waals surface area contributed by atoms with Crippen LogP contribution in [-0.2, 0) is 16.0 Å². The molecular weight excluding hydrogens is 414 g/mol. The first kappa shape index (κ1) is 25.3. The highest BCUT2D eigenvalue weighted by atomic mass is 35.5. The van der Waals surface area contributed by atoms with Crippen LogP contribution >= 0.6 is 11.6 Å². The van der Waals surface area contributed by atoms with Crippen LogP contribution in [0.5, 0.6) is 0 Å². The second-order valence-corrected chi connectivity index (χ2v) is 9.77. The van der Waals surface area contributed by atoms with Gasteiger partial charge < -0.3 is 15.8 Å². The Kier molecular flexibility index (Phi) is 8.28. The molecule has 1 aromatic carbocycles. The molecule has 1 aliphatic heterocycles. The van der Waals surface area contributed by atoms with Crippen molar-refractivity contribution in [3.05, 3.63) is 34.3 Å². The summed E-state index contributed by atoms with van der Waals surface area (Å²) in [4.78, 5) is 27.4. The minimum absolute atomic E-state index is 0.0376. The van der Waals surface area contributed by atoms with Gasteiger partial charge in [-0.2, -0.15) is 0 Å². The smallest absolute Gasteiger partial charge is 0.240 e. The van der Waals surface area contributed by atoms with E-state index in [0.717, 1.165) is 24.0 Å². The van der Waals surface area contributed by atoms with Crippen LogP contribution in [0.1, 0.15) is 71.9 Å². The summed E-state index contributed by atoms with van der Waals surface area (Å²) in [6, 6.07) is 4.14. The molecule has 2 rings (SSSR count). The van der Waals surface area contributed by atoms with Gasteiger partial charge in [-0.3, -0.25) is 9.59 Å². The number of hydrogen-bond acceptors (Lipinski definition) is 5. The Balaban J connectivity index is 2.34. The van der Waals surface area contributed by atoms with Gasteiger partial charge in [0.1, 0.15) is 0 Å². The van der Waals surface area contributed by atoms with E-state index in [1.54, 1.807) is 11.0 Å². The van der Waals surface area contributed by atoms with Crippen LogP contribution in [0.4, 0.5) is 0 Å². The molecule has 0 radical (unpaired) electrons. The van der Waals surface area contributed by atoms with Gasteiger partial charge >= 0.3 is 0 Å². The van der Waals surface area contributed by atoms with E-state index in [4.69, 9.17) is 17.3 Å². The maximum absolute atomic E-state index is 13.3. The van der Waals surface area contributed by atoms with Gasteiger partial charge in [0.2, 0.25) is 5.91 Å². The molecule has 1 fully saturated rings. The summed E-state index contributed by atoms with van der Waals surface area (Å²) in [7, 11) is 0. The number of benzene rings is 1. The number of nitrogens with zero attached hydrogens (tertiary/aromatic N) is 2. The van der Waals surface area contributed by atoms with E-state index in [9.17, 15) is 14.8 Å². The van der Waals surface area contributed by atoms with Gasteiger partial charge in [0.15, 0.2) is 5.78 Å². The highest BCUT2D eigenvalue weighted by Crippen LogP contribution is 2.36. The van der Waals surface area contributed by atoms with E-state index < -0.39 is 12.1 Å². The lowest BCUT2D eigenvalue weighted by atomic mass is 9.81. The van der Waals surface area contributed by atoms with Gasteiger partial charge in [-0.25, -0.2) is 0 Å². The molecule has 31 heavy (non-hydrogen) atoms. The van der Waals surface area contributed by atoms with Crippen molar-refractivity contribution in [2.24, 2.45) is 22.2 Å². The minimum Gasteiger partial charge on any atom is -0.411 e. The van der Waals surface area contributed by atoms with Crippen molar-refractivity contribution in [2.45, 2.75) is 85.4 Å². The number of ketones is 1. The predicted molar refractivity (Wildman–Crippen MR) is 125 cm³/mol. The van der Waals surface area contributed by atoms with Crippen molar-refractivity contribution in [3.8, 4) is 0 Å². The number of halogens is 1. The number of carbonyl (C=O) groups is 2. The number of amides is 1. The summed E-state index contributed by atoms with van der Waals surface area (Å²) in [6.07, 6.45) is 2.48. The van der Waals surface area contributed by atoms with Gasteiger partial charge in [0.25, 0.3) is 0 Å². The predicted octanol–water partition coefficient (Wildman–Crippen LogP) is 4.43. The number of rotatable bonds is 8. The quantitative estimate of drug-likeness (QED) is 0.348. The van der Waals surface area contributed by atoms with Crippen LogP contribution in [-0.4, -0.2) is 45.6 Å². The molecule has 1 aliphatic rings. The molecule has 1 aromatic rings. The second-order valence-electron chi connectivity index (χ2n) is 9.33. The van der Waals surface area contributed by atoms with Crippen molar-refractivity contribution in [2.75, 3.05) is 0 Å². The fraction of sp³-hybridized carbons (Fsp3) is 0.625. The number of nitrogens with two attached hydrogens (primary N) is 1. The summed E-state index contributed by atoms with van der Waals surface area (Å²) in [6.45, 7) is 11.4. The number of likely N-dealkylation sites (tertiary alicyclic amines) is 1. The summed E-state index contributed by atoms with van der Waals surface area (Å²) >= 11 is 6.19. The maximum atomic E-state index is 13.3. The van der Waals surface area contributed by atoms with Crippen molar-refractivity contribution < 1.29 is 14.8 Å². The van der Waals surface area contributed by atoms with E-state index in [2.05, 4.69) is 5.16 Å². The van der Waals surface area contributed by atoms with Crippen LogP contribution in [0.3, 0.4) is 0 Å². The molecule has 1 saturated heterocycles. The molecule has 0 aromatic heterocycles. The molecule has 4 unspecified atom stereocenters. The topological polar surface area (TPSA) is 96.0 Å². The average molecular weight is 450 g/mol. The molecule has 172 valence electrons. The van der Waals surface area contributed by atoms with Gasteiger partial charge in [-0.15, -0.1) is 0 Å². The molecule has 1 heterocycles. The fourth-order valence-corrected chi connectivity index (χ4v) is 4.54. The van der Waals surface area contributed by atoms with Crippen molar-refractivity contribution in [3.63, 3.8) is 0 Å². The van der Waals surface area contributed by atoms with Crippen LogP contribution in [0.15, 0.2) is 23.4 Å². The zero-order valence-corrected chi connectivity index (χ0v) is 20.2. The zero-order valence-electron chi connectivity index (χ0n) is 19.5. The third-order valence-corrected chi connectivity index (χ3v) is 7.30. The fourth-order valence-electron chi connectivity index (χ4n) is 4.37. The molecule has 0 saturated carbocycles. The molecule has 1 amide bonds. The SMILES string of the molecule is CCc1ccc(Cl)cc1/C(CC1CC(C(C)=O)N(C(=O)C(N)C(C)(C)CC)C1C)=N/O. The van der Waals surface area contributed by atoms with Gasteiger partial charge in [0, 0.05) is 16.6 Å². The highest BCUT2D eigenvalue weighted by Gasteiger charge is 2.47. The number of Topliss-reactive ketones (excluding diaryl/α,β-unsaturated/α-hetero) is 1. The Morgan fingerprint density at radius 3 is 2.52 bits per heavy atom. The highest BCUT2D eigenvalue weighted by molar-refractivity contribution is 6.31. The van der Waals surface area contributed by atoms with Crippen LogP contribution in [0.25, 0.3) is 0 Å². The first-order valence-corrected chi connectivity index (χ1v) is 11.4. The second kappa shape index (κ2) is 10.1.